The Morgan fingerprint density at radius 2 is 1.46 bits per heavy atom. The summed E-state index contributed by atoms with van der Waals surface area (Å²) in [5, 5.41) is 2.53. The summed E-state index contributed by atoms with van der Waals surface area (Å²) in [5.41, 5.74) is 9.32. The van der Waals surface area contributed by atoms with Crippen LogP contribution < -0.4 is 9.80 Å². The molecule has 0 aromatic heterocycles. The average Bonchev–Trinajstić information content (AvgIpc) is 3.13. The van der Waals surface area contributed by atoms with E-state index in [1.54, 1.807) is 0 Å². The highest BCUT2D eigenvalue weighted by Gasteiger charge is 2.28. The average molecular weight is 599 g/mol. The number of para-hydroxylation sites is 1. The van der Waals surface area contributed by atoms with Crippen molar-refractivity contribution >= 4 is 33.9 Å². The van der Waals surface area contributed by atoms with E-state index < -0.39 is 0 Å². The van der Waals surface area contributed by atoms with Crippen LogP contribution in [0.4, 0.5) is 17.1 Å². The second-order valence-corrected chi connectivity index (χ2v) is 13.1. The van der Waals surface area contributed by atoms with Gasteiger partial charge in [0, 0.05) is 34.7 Å². The Hall–Kier alpha value is -4.82. The minimum atomic E-state index is 0.387. The zero-order chi connectivity index (χ0) is 30.7. The van der Waals surface area contributed by atoms with Crippen molar-refractivity contribution in [3.8, 4) is 0 Å². The first-order valence-electron chi connectivity index (χ1n) is 17.1. The third-order valence-electron chi connectivity index (χ3n) is 10.2. The highest BCUT2D eigenvalue weighted by molar-refractivity contribution is 5.88. The Labute approximate surface area is 274 Å². The van der Waals surface area contributed by atoms with Crippen molar-refractivity contribution in [2.24, 2.45) is 5.92 Å². The van der Waals surface area contributed by atoms with Crippen molar-refractivity contribution in [2.45, 2.75) is 57.0 Å². The maximum Gasteiger partial charge on any atom is 0.0514 e. The van der Waals surface area contributed by atoms with Gasteiger partial charge in [-0.15, -0.1) is 0 Å². The van der Waals surface area contributed by atoms with Crippen LogP contribution in [0.3, 0.4) is 0 Å². The molecule has 0 spiro atoms. The Kier molecular flexibility index (Phi) is 8.02. The largest absolute Gasteiger partial charge is 0.361 e. The molecule has 46 heavy (non-hydrogen) atoms. The van der Waals surface area contributed by atoms with Crippen LogP contribution in [0.2, 0.25) is 0 Å². The van der Waals surface area contributed by atoms with Crippen molar-refractivity contribution in [2.75, 3.05) is 9.80 Å². The van der Waals surface area contributed by atoms with Gasteiger partial charge in [0.25, 0.3) is 0 Å². The monoisotopic (exact) mass is 598 g/mol. The predicted octanol–water partition coefficient (Wildman–Crippen LogP) is 11.3. The van der Waals surface area contributed by atoms with Crippen LogP contribution in [0.15, 0.2) is 157 Å². The maximum atomic E-state index is 2.74. The van der Waals surface area contributed by atoms with Crippen molar-refractivity contribution in [1.82, 2.24) is 0 Å². The number of aryl methyl sites for hydroxylation is 1. The van der Waals surface area contributed by atoms with Gasteiger partial charge in [-0.3, -0.25) is 0 Å². The number of anilines is 3. The molecule has 2 nitrogen and oxygen atoms in total. The molecular formula is C44H42N2. The number of hydrogen-bond donors (Lipinski definition) is 0. The first kappa shape index (κ1) is 28.6. The highest BCUT2D eigenvalue weighted by Crippen LogP contribution is 2.38. The van der Waals surface area contributed by atoms with Gasteiger partial charge in [-0.25, -0.2) is 0 Å². The van der Waals surface area contributed by atoms with E-state index in [0.717, 1.165) is 32.1 Å². The summed E-state index contributed by atoms with van der Waals surface area (Å²) in [7, 11) is 0. The maximum absolute atomic E-state index is 2.74. The number of benzene rings is 4. The van der Waals surface area contributed by atoms with Crippen LogP contribution in [0.25, 0.3) is 16.8 Å². The molecule has 3 atom stereocenters. The molecule has 0 radical (unpaired) electrons. The van der Waals surface area contributed by atoms with Gasteiger partial charge in [0.15, 0.2) is 0 Å². The van der Waals surface area contributed by atoms with Crippen LogP contribution in [0.1, 0.15) is 49.7 Å². The van der Waals surface area contributed by atoms with E-state index in [4.69, 9.17) is 0 Å². The molecule has 0 bridgehead atoms. The minimum Gasteiger partial charge on any atom is -0.361 e. The third-order valence-corrected chi connectivity index (χ3v) is 10.2. The van der Waals surface area contributed by atoms with Crippen molar-refractivity contribution in [3.63, 3.8) is 0 Å². The van der Waals surface area contributed by atoms with E-state index >= 15 is 0 Å². The predicted molar refractivity (Wildman–Crippen MR) is 197 cm³/mol. The van der Waals surface area contributed by atoms with Crippen molar-refractivity contribution < 1.29 is 0 Å². The summed E-state index contributed by atoms with van der Waals surface area (Å²) in [6.07, 6.45) is 31.8. The molecular weight excluding hydrogens is 556 g/mol. The van der Waals surface area contributed by atoms with Gasteiger partial charge in [-0.05, 0) is 115 Å². The lowest BCUT2D eigenvalue weighted by Crippen LogP contribution is -2.43. The van der Waals surface area contributed by atoms with Gasteiger partial charge in [-0.1, -0.05) is 109 Å². The van der Waals surface area contributed by atoms with E-state index in [-0.39, 0.29) is 0 Å². The van der Waals surface area contributed by atoms with Gasteiger partial charge in [-0.2, -0.15) is 0 Å². The molecule has 4 aliphatic rings. The van der Waals surface area contributed by atoms with Crippen LogP contribution in [-0.4, -0.2) is 12.1 Å². The summed E-state index contributed by atoms with van der Waals surface area (Å²) < 4.78 is 0. The molecule has 4 aromatic carbocycles. The summed E-state index contributed by atoms with van der Waals surface area (Å²) in [4.78, 5) is 5.13. The van der Waals surface area contributed by atoms with Gasteiger partial charge >= 0.3 is 0 Å². The molecule has 0 heterocycles. The Bertz CT molecular complexity index is 1900. The lowest BCUT2D eigenvalue weighted by atomic mass is 9.86. The molecule has 0 amide bonds. The zero-order valence-corrected chi connectivity index (χ0v) is 26.5. The molecule has 0 fully saturated rings. The summed E-state index contributed by atoms with van der Waals surface area (Å²) in [5.74, 6) is 0.400. The van der Waals surface area contributed by atoms with E-state index in [0.29, 0.717) is 18.0 Å². The number of fused-ring (bicyclic) bond motifs is 2. The second kappa shape index (κ2) is 12.9. The molecule has 4 aliphatic carbocycles. The fourth-order valence-electron chi connectivity index (χ4n) is 7.75. The summed E-state index contributed by atoms with van der Waals surface area (Å²) in [6, 6.07) is 34.3. The molecule has 8 rings (SSSR count). The SMILES string of the molecule is C1=Cc2ccc(N(C3C=CC(C4C=CC(N(c5ccccc5)c5ccc6ccccc6c5)=CC4)=CC3)C3CC=CCC3)cc2CC1. The Morgan fingerprint density at radius 3 is 2.26 bits per heavy atom. The van der Waals surface area contributed by atoms with Crippen LogP contribution in [0, 0.1) is 5.92 Å². The van der Waals surface area contributed by atoms with Crippen LogP contribution >= 0.6 is 0 Å². The molecule has 4 aromatic rings. The number of nitrogens with zero attached hydrogens (tertiary/aromatic N) is 2. The molecule has 0 N–H and O–H groups in total. The molecule has 228 valence electrons. The molecule has 2 heteroatoms. The highest BCUT2D eigenvalue weighted by atomic mass is 15.2. The standard InChI is InChI=1S/C44H42N2/c1-3-15-39(16-4-1)45(43-29-23-33-11-7-9-13-37(33)31-43)41-25-19-35(20-26-41)36-21-27-42(28-22-36)46(40-17-5-2-6-18-40)44-30-24-34-12-8-10-14-38(34)32-44/h1-5,7-9,11-13,15-16,19,21-27,29-32,35,40,42H,6,10,14,17-18,20,28H2. The third kappa shape index (κ3) is 5.81. The lowest BCUT2D eigenvalue weighted by Gasteiger charge is -2.41. The topological polar surface area (TPSA) is 6.48 Å². The number of allylic oxidation sites excluding steroid dienone is 7. The first-order chi connectivity index (χ1) is 22.8. The van der Waals surface area contributed by atoms with E-state index in [2.05, 4.69) is 162 Å². The smallest absolute Gasteiger partial charge is 0.0514 e. The van der Waals surface area contributed by atoms with E-state index in [1.165, 1.54) is 63.1 Å². The van der Waals surface area contributed by atoms with E-state index in [9.17, 15) is 0 Å². The van der Waals surface area contributed by atoms with Gasteiger partial charge in [0.2, 0.25) is 0 Å². The quantitative estimate of drug-likeness (QED) is 0.195. The van der Waals surface area contributed by atoms with Crippen LogP contribution in [0.5, 0.6) is 0 Å². The second-order valence-electron chi connectivity index (χ2n) is 13.1. The number of rotatable bonds is 7. The molecule has 3 unspecified atom stereocenters. The zero-order valence-electron chi connectivity index (χ0n) is 26.5. The Morgan fingerprint density at radius 1 is 0.587 bits per heavy atom. The fourth-order valence-corrected chi connectivity index (χ4v) is 7.75. The summed E-state index contributed by atoms with van der Waals surface area (Å²) in [6.45, 7) is 0. The lowest BCUT2D eigenvalue weighted by molar-refractivity contribution is 0.507. The molecule has 0 saturated heterocycles. The molecule has 0 saturated carbocycles. The van der Waals surface area contributed by atoms with E-state index in [1.807, 2.05) is 0 Å². The van der Waals surface area contributed by atoms with Crippen LogP contribution in [-0.2, 0) is 6.42 Å². The minimum absolute atomic E-state index is 0.387. The van der Waals surface area contributed by atoms with Crippen molar-refractivity contribution in [3.05, 3.63) is 168 Å². The Balaban J connectivity index is 1.02. The fraction of sp³-hybridized carbons (Fsp3) is 0.227. The summed E-state index contributed by atoms with van der Waals surface area (Å²) >= 11 is 0. The molecule has 0 aliphatic heterocycles. The number of hydrogen-bond acceptors (Lipinski definition) is 2. The van der Waals surface area contributed by atoms with Crippen molar-refractivity contribution in [1.29, 1.82) is 0 Å². The van der Waals surface area contributed by atoms with Gasteiger partial charge < -0.3 is 9.80 Å². The van der Waals surface area contributed by atoms with Gasteiger partial charge in [0.1, 0.15) is 0 Å². The van der Waals surface area contributed by atoms with Gasteiger partial charge in [0.05, 0.1) is 6.04 Å². The first-order valence-corrected chi connectivity index (χ1v) is 17.1. The normalized spacial score (nSPS) is 21.9.